The molecule has 1 aliphatic carbocycles. The summed E-state index contributed by atoms with van der Waals surface area (Å²) in [6.45, 7) is 2.33. The second kappa shape index (κ2) is 6.11. The van der Waals surface area contributed by atoms with E-state index in [1.54, 1.807) is 22.0 Å². The molecule has 0 unspecified atom stereocenters. The van der Waals surface area contributed by atoms with E-state index in [2.05, 4.69) is 4.98 Å². The molecule has 0 atom stereocenters. The maximum absolute atomic E-state index is 13.3. The predicted octanol–water partition coefficient (Wildman–Crippen LogP) is 2.03. The molecule has 6 heteroatoms. The van der Waals surface area contributed by atoms with E-state index in [-0.39, 0.29) is 12.3 Å². The van der Waals surface area contributed by atoms with Gasteiger partial charge in [-0.25, -0.2) is 4.98 Å². The summed E-state index contributed by atoms with van der Waals surface area (Å²) in [5, 5.41) is 9.41. The number of carbonyl (C=O) groups excluding carboxylic acids is 1. The van der Waals surface area contributed by atoms with Crippen molar-refractivity contribution in [3.8, 4) is 0 Å². The van der Waals surface area contributed by atoms with E-state index in [0.29, 0.717) is 25.2 Å². The van der Waals surface area contributed by atoms with Crippen LogP contribution in [-0.4, -0.2) is 33.1 Å². The van der Waals surface area contributed by atoms with Gasteiger partial charge in [0.05, 0.1) is 18.2 Å². The van der Waals surface area contributed by atoms with Gasteiger partial charge in [-0.2, -0.15) is 0 Å². The number of hydrogen-bond donors (Lipinski definition) is 1. The number of fused-ring (bicyclic) bond motifs is 1. The summed E-state index contributed by atoms with van der Waals surface area (Å²) in [5.74, 6) is -0.554. The summed E-state index contributed by atoms with van der Waals surface area (Å²) < 4.78 is 1.78. The first kappa shape index (κ1) is 16.2. The lowest BCUT2D eigenvalue weighted by molar-refractivity contribution is -0.144. The Hall–Kier alpha value is -2.63. The highest BCUT2D eigenvalue weighted by molar-refractivity contribution is 5.99. The number of imidazole rings is 1. The Morgan fingerprint density at radius 3 is 2.38 bits per heavy atom. The molecule has 0 saturated carbocycles. The van der Waals surface area contributed by atoms with Crippen molar-refractivity contribution in [2.45, 2.75) is 26.2 Å². The molecule has 126 valence electrons. The average molecular weight is 327 g/mol. The van der Waals surface area contributed by atoms with Gasteiger partial charge in [-0.1, -0.05) is 24.3 Å². The third kappa shape index (κ3) is 2.79. The van der Waals surface area contributed by atoms with Gasteiger partial charge in [-0.05, 0) is 30.9 Å². The van der Waals surface area contributed by atoms with Crippen molar-refractivity contribution < 1.29 is 14.7 Å². The van der Waals surface area contributed by atoms with E-state index < -0.39 is 11.4 Å². The van der Waals surface area contributed by atoms with Gasteiger partial charge in [0.2, 0.25) is 5.91 Å². The second-order valence-electron chi connectivity index (χ2n) is 6.42. The van der Waals surface area contributed by atoms with Gasteiger partial charge in [0.1, 0.15) is 0 Å². The average Bonchev–Trinajstić information content (AvgIpc) is 3.11. The Bertz CT molecular complexity index is 756. The molecule has 1 aromatic heterocycles. The van der Waals surface area contributed by atoms with Gasteiger partial charge in [0, 0.05) is 19.8 Å². The molecule has 0 aliphatic heterocycles. The lowest BCUT2D eigenvalue weighted by Crippen LogP contribution is -2.46. The van der Waals surface area contributed by atoms with Gasteiger partial charge in [-0.3, -0.25) is 14.5 Å². The predicted molar refractivity (Wildman–Crippen MR) is 89.8 cm³/mol. The van der Waals surface area contributed by atoms with Crippen molar-refractivity contribution in [1.29, 1.82) is 0 Å². The number of rotatable bonds is 5. The van der Waals surface area contributed by atoms with Crippen molar-refractivity contribution in [3.63, 3.8) is 0 Å². The van der Waals surface area contributed by atoms with Crippen molar-refractivity contribution in [3.05, 3.63) is 47.9 Å². The van der Waals surface area contributed by atoms with Crippen LogP contribution in [-0.2, 0) is 29.5 Å². The number of benzene rings is 1. The smallest absolute Gasteiger partial charge is 0.304 e. The number of carbonyl (C=O) groups is 2. The monoisotopic (exact) mass is 327 g/mol. The number of aryl methyl sites for hydroxylation is 1. The summed E-state index contributed by atoms with van der Waals surface area (Å²) in [5.41, 5.74) is 1.18. The molecule has 24 heavy (non-hydrogen) atoms. The van der Waals surface area contributed by atoms with Crippen LogP contribution in [0, 0.1) is 5.41 Å². The van der Waals surface area contributed by atoms with Crippen LogP contribution in [0.25, 0.3) is 0 Å². The first-order chi connectivity index (χ1) is 11.4. The molecular weight excluding hydrogens is 306 g/mol. The van der Waals surface area contributed by atoms with E-state index in [1.807, 2.05) is 38.2 Å². The van der Waals surface area contributed by atoms with Crippen molar-refractivity contribution in [2.75, 3.05) is 11.4 Å². The summed E-state index contributed by atoms with van der Waals surface area (Å²) in [7, 11) is 1.84. The number of anilines is 1. The SMILES string of the molecule is CCN(C(=O)C1(CC(=O)O)Cc2ccccc2C1)c1cn(C)cn1. The van der Waals surface area contributed by atoms with E-state index >= 15 is 0 Å². The van der Waals surface area contributed by atoms with E-state index in [9.17, 15) is 14.7 Å². The standard InChI is InChI=1S/C18H21N3O3/c1-3-21(15-11-20(2)12-19-15)17(24)18(10-16(22)23)8-13-6-4-5-7-14(13)9-18/h4-7,11-12H,3,8-10H2,1-2H3,(H,22,23). The molecule has 1 aromatic carbocycles. The fraction of sp³-hybridized carbons (Fsp3) is 0.389. The second-order valence-corrected chi connectivity index (χ2v) is 6.42. The fourth-order valence-corrected chi connectivity index (χ4v) is 3.57. The molecule has 0 radical (unpaired) electrons. The largest absolute Gasteiger partial charge is 0.481 e. The molecule has 1 heterocycles. The Kier molecular flexibility index (Phi) is 4.13. The topological polar surface area (TPSA) is 75.4 Å². The molecule has 3 rings (SSSR count). The minimum Gasteiger partial charge on any atom is -0.481 e. The summed E-state index contributed by atoms with van der Waals surface area (Å²) in [6, 6.07) is 7.81. The number of carboxylic acid groups (broad SMARTS) is 1. The lowest BCUT2D eigenvalue weighted by atomic mass is 9.79. The highest BCUT2D eigenvalue weighted by atomic mass is 16.4. The molecule has 0 saturated heterocycles. The molecule has 0 spiro atoms. The van der Waals surface area contributed by atoms with E-state index in [1.165, 1.54) is 0 Å². The first-order valence-corrected chi connectivity index (χ1v) is 8.04. The number of amides is 1. The molecule has 0 fully saturated rings. The molecule has 1 amide bonds. The highest BCUT2D eigenvalue weighted by Crippen LogP contribution is 2.42. The summed E-state index contributed by atoms with van der Waals surface area (Å²) in [6.07, 6.45) is 4.15. The molecule has 2 aromatic rings. The van der Waals surface area contributed by atoms with E-state index in [4.69, 9.17) is 0 Å². The van der Waals surface area contributed by atoms with Crippen molar-refractivity contribution in [2.24, 2.45) is 12.5 Å². The quantitative estimate of drug-likeness (QED) is 0.912. The Balaban J connectivity index is 1.97. The lowest BCUT2D eigenvalue weighted by Gasteiger charge is -2.31. The van der Waals surface area contributed by atoms with Crippen molar-refractivity contribution in [1.82, 2.24) is 9.55 Å². The van der Waals surface area contributed by atoms with Gasteiger partial charge in [0.15, 0.2) is 5.82 Å². The van der Waals surface area contributed by atoms with Gasteiger partial charge < -0.3 is 9.67 Å². The van der Waals surface area contributed by atoms with Gasteiger partial charge >= 0.3 is 5.97 Å². The van der Waals surface area contributed by atoms with Crippen LogP contribution in [0.3, 0.4) is 0 Å². The number of nitrogens with zero attached hydrogens (tertiary/aromatic N) is 3. The van der Waals surface area contributed by atoms with Crippen LogP contribution < -0.4 is 4.90 Å². The third-order valence-corrected chi connectivity index (χ3v) is 4.65. The Morgan fingerprint density at radius 1 is 1.29 bits per heavy atom. The number of carboxylic acids is 1. The number of hydrogen-bond acceptors (Lipinski definition) is 3. The maximum Gasteiger partial charge on any atom is 0.304 e. The van der Waals surface area contributed by atoms with E-state index in [0.717, 1.165) is 11.1 Å². The third-order valence-electron chi connectivity index (χ3n) is 4.65. The van der Waals surface area contributed by atoms with Gasteiger partial charge in [0.25, 0.3) is 0 Å². The fourth-order valence-electron chi connectivity index (χ4n) is 3.57. The van der Waals surface area contributed by atoms with Crippen molar-refractivity contribution >= 4 is 17.7 Å². The van der Waals surface area contributed by atoms with Crippen LogP contribution in [0.1, 0.15) is 24.5 Å². The summed E-state index contributed by atoms with van der Waals surface area (Å²) >= 11 is 0. The molecule has 1 aliphatic rings. The zero-order chi connectivity index (χ0) is 17.3. The molecule has 6 nitrogen and oxygen atoms in total. The molecule has 0 bridgehead atoms. The number of aliphatic carboxylic acids is 1. The Labute approximate surface area is 140 Å². The number of aromatic nitrogens is 2. The molecule has 1 N–H and O–H groups in total. The normalized spacial score (nSPS) is 15.1. The van der Waals surface area contributed by atoms with Gasteiger partial charge in [-0.15, -0.1) is 0 Å². The minimum absolute atomic E-state index is 0.165. The van der Waals surface area contributed by atoms with Crippen LogP contribution in [0.15, 0.2) is 36.8 Å². The highest BCUT2D eigenvalue weighted by Gasteiger charge is 2.47. The first-order valence-electron chi connectivity index (χ1n) is 8.04. The zero-order valence-corrected chi connectivity index (χ0v) is 13.9. The summed E-state index contributed by atoms with van der Waals surface area (Å²) in [4.78, 5) is 30.7. The van der Waals surface area contributed by atoms with Crippen LogP contribution in [0.4, 0.5) is 5.82 Å². The maximum atomic E-state index is 13.3. The Morgan fingerprint density at radius 2 is 1.92 bits per heavy atom. The molecular formula is C18H21N3O3. The van der Waals surface area contributed by atoms with Crippen LogP contribution in [0.5, 0.6) is 0 Å². The zero-order valence-electron chi connectivity index (χ0n) is 13.9. The minimum atomic E-state index is -0.951. The van der Waals surface area contributed by atoms with Crippen LogP contribution >= 0.6 is 0 Å². The van der Waals surface area contributed by atoms with Crippen LogP contribution in [0.2, 0.25) is 0 Å².